The van der Waals surface area contributed by atoms with Crippen LogP contribution >= 0.6 is 0 Å². The van der Waals surface area contributed by atoms with Gasteiger partial charge in [0.15, 0.2) is 0 Å². The monoisotopic (exact) mass is 540 g/mol. The molecule has 1 fully saturated rings. The summed E-state index contributed by atoms with van der Waals surface area (Å²) in [6.07, 6.45) is 1.15. The smallest absolute Gasteiger partial charge is 0.320 e. The van der Waals surface area contributed by atoms with Gasteiger partial charge in [-0.1, -0.05) is 93.1 Å². The van der Waals surface area contributed by atoms with Gasteiger partial charge in [-0.3, -0.25) is 19.9 Å². The normalized spacial score (nSPS) is 19.6. The van der Waals surface area contributed by atoms with Gasteiger partial charge in [0.1, 0.15) is 6.04 Å². The van der Waals surface area contributed by atoms with E-state index in [9.17, 15) is 14.4 Å². The minimum Gasteiger partial charge on any atom is -0.351 e. The molecule has 0 saturated carbocycles. The number of carbonyl (C=O) groups is 3. The minimum absolute atomic E-state index is 0.0863. The van der Waals surface area contributed by atoms with Crippen LogP contribution in [-0.4, -0.2) is 28.9 Å². The lowest BCUT2D eigenvalue weighted by atomic mass is 9.86. The Kier molecular flexibility index (Phi) is 8.62. The molecular weight excluding hydrogens is 500 g/mol. The van der Waals surface area contributed by atoms with E-state index >= 15 is 0 Å². The first-order chi connectivity index (χ1) is 18.9. The van der Waals surface area contributed by atoms with Gasteiger partial charge in [0.05, 0.1) is 6.04 Å². The van der Waals surface area contributed by atoms with Gasteiger partial charge in [-0.05, 0) is 66.8 Å². The van der Waals surface area contributed by atoms with Gasteiger partial charge >= 0.3 is 6.03 Å². The molecule has 3 aromatic rings. The van der Waals surface area contributed by atoms with Crippen molar-refractivity contribution < 1.29 is 14.4 Å². The quantitative estimate of drug-likeness (QED) is 0.391. The Balaban J connectivity index is 1.87. The van der Waals surface area contributed by atoms with Crippen molar-refractivity contribution in [3.8, 4) is 0 Å². The zero-order chi connectivity index (χ0) is 29.0. The molecule has 0 spiro atoms. The number of nitrogens with one attached hydrogen (secondary N) is 1. The lowest BCUT2D eigenvalue weighted by Gasteiger charge is -2.35. The van der Waals surface area contributed by atoms with E-state index in [1.807, 2.05) is 89.2 Å². The van der Waals surface area contributed by atoms with Gasteiger partial charge in [0.25, 0.3) is 5.91 Å². The van der Waals surface area contributed by atoms with Crippen LogP contribution in [-0.2, 0) is 9.59 Å². The number of benzene rings is 3. The molecule has 0 aliphatic carbocycles. The molecule has 0 aromatic heterocycles. The largest absolute Gasteiger partial charge is 0.351 e. The Labute approximate surface area is 237 Å². The second-order valence-electron chi connectivity index (χ2n) is 12.1. The van der Waals surface area contributed by atoms with Crippen LogP contribution in [0.4, 0.5) is 10.5 Å². The van der Waals surface area contributed by atoms with Crippen molar-refractivity contribution in [3.63, 3.8) is 0 Å². The summed E-state index contributed by atoms with van der Waals surface area (Å²) < 4.78 is 0. The number of rotatable bonds is 6. The molecule has 0 bridgehead atoms. The summed E-state index contributed by atoms with van der Waals surface area (Å²) in [6.45, 7) is 9.88. The summed E-state index contributed by atoms with van der Waals surface area (Å²) in [5.41, 5.74) is 13.2. The number of hydrogen-bond acceptors (Lipinski definition) is 3. The number of carbonyl (C=O) groups excluding carboxylic acids is 3. The van der Waals surface area contributed by atoms with Gasteiger partial charge in [0, 0.05) is 12.1 Å². The molecule has 40 heavy (non-hydrogen) atoms. The van der Waals surface area contributed by atoms with Crippen LogP contribution in [0.15, 0.2) is 78.9 Å². The number of aryl methyl sites for hydroxylation is 2. The van der Waals surface area contributed by atoms with Gasteiger partial charge in [-0.25, -0.2) is 9.80 Å². The first kappa shape index (κ1) is 28.9. The number of hydrazine groups is 1. The standard InChI is InChI=1S/C33H40N4O3/c1-22-11-9-15-25(17-22)28-19-26(24-13-7-6-8-14-24)20-29(31(39)37(28)35-30(38)21-33(3,4)5)36(32(34)40)27-16-10-12-23(2)18-27/h6-18,26,28-29H,19-21H2,1-5H3,(H2,34,40)(H,35,38). The van der Waals surface area contributed by atoms with E-state index in [0.717, 1.165) is 22.3 Å². The Bertz CT molecular complexity index is 1370. The number of hydrogen-bond donors (Lipinski definition) is 2. The summed E-state index contributed by atoms with van der Waals surface area (Å²) in [5, 5.41) is 1.46. The fourth-order valence-electron chi connectivity index (χ4n) is 5.56. The van der Waals surface area contributed by atoms with Crippen LogP contribution in [0.3, 0.4) is 0 Å². The van der Waals surface area contributed by atoms with Crippen molar-refractivity contribution >= 4 is 23.5 Å². The highest BCUT2D eigenvalue weighted by atomic mass is 16.2. The SMILES string of the molecule is Cc1cccc(C2CC(c3ccccc3)CC(N(C(N)=O)c3cccc(C)c3)C(=O)N2NC(=O)CC(C)(C)C)c1. The Morgan fingerprint density at radius 3 is 2.12 bits per heavy atom. The van der Waals surface area contributed by atoms with Gasteiger partial charge < -0.3 is 5.73 Å². The second-order valence-corrected chi connectivity index (χ2v) is 12.1. The molecule has 7 nitrogen and oxygen atoms in total. The molecule has 1 aliphatic rings. The maximum atomic E-state index is 14.6. The minimum atomic E-state index is -0.922. The van der Waals surface area contributed by atoms with E-state index in [1.54, 1.807) is 6.07 Å². The molecule has 3 unspecified atom stereocenters. The molecule has 1 saturated heterocycles. The van der Waals surface area contributed by atoms with Crippen molar-refractivity contribution in [1.82, 2.24) is 10.4 Å². The molecule has 1 aliphatic heterocycles. The molecule has 7 heteroatoms. The molecule has 3 atom stereocenters. The van der Waals surface area contributed by atoms with Gasteiger partial charge in [0.2, 0.25) is 5.91 Å². The van der Waals surface area contributed by atoms with E-state index in [2.05, 4.69) is 23.6 Å². The predicted octanol–water partition coefficient (Wildman–Crippen LogP) is 6.17. The summed E-state index contributed by atoms with van der Waals surface area (Å²) >= 11 is 0. The highest BCUT2D eigenvalue weighted by molar-refractivity contribution is 6.00. The average molecular weight is 541 g/mol. The van der Waals surface area contributed by atoms with Crippen molar-refractivity contribution in [3.05, 3.63) is 101 Å². The molecular formula is C33H40N4O3. The van der Waals surface area contributed by atoms with Crippen LogP contribution in [0.5, 0.6) is 0 Å². The highest BCUT2D eigenvalue weighted by Crippen LogP contribution is 2.40. The third-order valence-electron chi connectivity index (χ3n) is 7.31. The highest BCUT2D eigenvalue weighted by Gasteiger charge is 2.43. The van der Waals surface area contributed by atoms with Crippen molar-refractivity contribution in [2.45, 2.75) is 71.9 Å². The molecule has 1 heterocycles. The summed E-state index contributed by atoms with van der Waals surface area (Å²) in [4.78, 5) is 42.2. The van der Waals surface area contributed by atoms with Crippen LogP contribution in [0, 0.1) is 19.3 Å². The molecule has 0 radical (unpaired) electrons. The maximum absolute atomic E-state index is 14.6. The second kappa shape index (κ2) is 11.9. The van der Waals surface area contributed by atoms with E-state index in [-0.39, 0.29) is 29.6 Å². The first-order valence-electron chi connectivity index (χ1n) is 13.8. The average Bonchev–Trinajstić information content (AvgIpc) is 3.01. The van der Waals surface area contributed by atoms with Crippen LogP contribution in [0.25, 0.3) is 0 Å². The summed E-state index contributed by atoms with van der Waals surface area (Å²) in [5.74, 6) is -0.707. The number of primary amides is 1. The van der Waals surface area contributed by atoms with Crippen LogP contribution < -0.4 is 16.1 Å². The number of anilines is 1. The Hall–Kier alpha value is -4.13. The van der Waals surface area contributed by atoms with E-state index in [0.29, 0.717) is 18.5 Å². The molecule has 4 rings (SSSR count). The zero-order valence-electron chi connectivity index (χ0n) is 24.1. The van der Waals surface area contributed by atoms with E-state index in [4.69, 9.17) is 5.73 Å². The van der Waals surface area contributed by atoms with Crippen LogP contribution in [0.1, 0.15) is 74.2 Å². The topological polar surface area (TPSA) is 95.7 Å². The molecule has 3 aromatic carbocycles. The molecule has 3 N–H and O–H groups in total. The van der Waals surface area contributed by atoms with Gasteiger partial charge in [-0.2, -0.15) is 0 Å². The number of nitrogens with two attached hydrogens (primary N) is 1. The lowest BCUT2D eigenvalue weighted by molar-refractivity contribution is -0.145. The summed E-state index contributed by atoms with van der Waals surface area (Å²) in [6, 6.07) is 23.4. The van der Waals surface area contributed by atoms with Crippen molar-refractivity contribution in [2.75, 3.05) is 4.90 Å². The third kappa shape index (κ3) is 6.89. The number of urea groups is 1. The fourth-order valence-corrected chi connectivity index (χ4v) is 5.56. The molecule has 4 amide bonds. The fraction of sp³-hybridized carbons (Fsp3) is 0.364. The zero-order valence-corrected chi connectivity index (χ0v) is 24.1. The first-order valence-corrected chi connectivity index (χ1v) is 13.8. The Morgan fingerprint density at radius 2 is 1.52 bits per heavy atom. The Morgan fingerprint density at radius 1 is 0.900 bits per heavy atom. The summed E-state index contributed by atoms with van der Waals surface area (Å²) in [7, 11) is 0. The predicted molar refractivity (Wildman–Crippen MR) is 158 cm³/mol. The van der Waals surface area contributed by atoms with Crippen molar-refractivity contribution in [2.24, 2.45) is 11.1 Å². The maximum Gasteiger partial charge on any atom is 0.320 e. The number of nitrogens with zero attached hydrogens (tertiary/aromatic N) is 2. The lowest BCUT2D eigenvalue weighted by Crippen LogP contribution is -2.57. The van der Waals surface area contributed by atoms with Crippen LogP contribution in [0.2, 0.25) is 0 Å². The van der Waals surface area contributed by atoms with E-state index in [1.165, 1.54) is 9.91 Å². The van der Waals surface area contributed by atoms with Crippen molar-refractivity contribution in [1.29, 1.82) is 0 Å². The van der Waals surface area contributed by atoms with E-state index < -0.39 is 18.1 Å². The molecule has 210 valence electrons. The number of amides is 4. The van der Waals surface area contributed by atoms with Gasteiger partial charge in [-0.15, -0.1) is 0 Å². The third-order valence-corrected chi connectivity index (χ3v) is 7.31.